The summed E-state index contributed by atoms with van der Waals surface area (Å²) in [6, 6.07) is 0. The maximum absolute atomic E-state index is 12.4. The molecule has 12 nitrogen and oxygen atoms in total. The highest BCUT2D eigenvalue weighted by Crippen LogP contribution is 2.48. The van der Waals surface area contributed by atoms with Gasteiger partial charge in [-0.3, -0.25) is 18.2 Å². The van der Waals surface area contributed by atoms with Gasteiger partial charge in [-0.1, -0.05) is 0 Å². The lowest BCUT2D eigenvalue weighted by atomic mass is 9.93. The van der Waals surface area contributed by atoms with Gasteiger partial charge in [-0.25, -0.2) is 0 Å². The Labute approximate surface area is 212 Å². The van der Waals surface area contributed by atoms with Crippen molar-refractivity contribution in [2.24, 2.45) is 0 Å². The summed E-state index contributed by atoms with van der Waals surface area (Å²) in [5, 5.41) is 0. The highest BCUT2D eigenvalue weighted by Gasteiger charge is 2.37. The smallest absolute Gasteiger partial charge is 0.282 e. The average molecular weight is 688 g/mol. The maximum Gasteiger partial charge on any atom is 0.295 e. The molecule has 0 aliphatic carbocycles. The Morgan fingerprint density at radius 1 is 0.441 bits per heavy atom. The summed E-state index contributed by atoms with van der Waals surface area (Å²) < 4.78 is 136. The van der Waals surface area contributed by atoms with Crippen molar-refractivity contribution >= 4 is 72.3 Å². The van der Waals surface area contributed by atoms with Gasteiger partial charge < -0.3 is 0 Å². The summed E-state index contributed by atoms with van der Waals surface area (Å²) in [4.78, 5) is -3.91. The molecule has 0 amide bonds. The second kappa shape index (κ2) is 8.86. The molecule has 0 saturated carbocycles. The molecule has 0 unspecified atom stereocenters. The predicted molar refractivity (Wildman–Crippen MR) is 125 cm³/mol. The molecule has 0 bridgehead atoms. The molecule has 0 aromatic heterocycles. The number of hydrogen-bond donors (Lipinski definition) is 4. The molecule has 2 aromatic carbocycles. The molecule has 0 radical (unpaired) electrons. The predicted octanol–water partition coefficient (Wildman–Crippen LogP) is 3.10. The molecule has 0 fully saturated rings. The SMILES string of the molecule is Cc1c(-c2c(C)c(S(=O)(=O)O)c(Br)c(C)c2S(=O)(=O)O)c(S(=O)(=O)O)c(C)c(Br)c1S(=O)(=O)O. The summed E-state index contributed by atoms with van der Waals surface area (Å²) in [6.45, 7) is 3.94. The van der Waals surface area contributed by atoms with Gasteiger partial charge in [-0.05, 0) is 81.8 Å². The van der Waals surface area contributed by atoms with Crippen LogP contribution in [-0.2, 0) is 40.5 Å². The molecule has 34 heavy (non-hydrogen) atoms. The van der Waals surface area contributed by atoms with E-state index in [1.807, 2.05) is 0 Å². The van der Waals surface area contributed by atoms with Crippen molar-refractivity contribution in [2.45, 2.75) is 47.3 Å². The lowest BCUT2D eigenvalue weighted by Crippen LogP contribution is -2.16. The molecule has 0 atom stereocenters. The zero-order valence-corrected chi connectivity index (χ0v) is 23.9. The summed E-state index contributed by atoms with van der Waals surface area (Å²) >= 11 is 5.68. The number of benzene rings is 2. The fourth-order valence-electron chi connectivity index (χ4n) is 3.67. The van der Waals surface area contributed by atoms with Gasteiger partial charge in [0, 0.05) is 20.1 Å². The Hall–Kier alpha value is -0.960. The van der Waals surface area contributed by atoms with E-state index >= 15 is 0 Å². The summed E-state index contributed by atoms with van der Waals surface area (Å²) in [6.07, 6.45) is 0. The lowest BCUT2D eigenvalue weighted by molar-refractivity contribution is 0.475. The van der Waals surface area contributed by atoms with Gasteiger partial charge in [0.2, 0.25) is 0 Å². The zero-order chi connectivity index (χ0) is 26.9. The average Bonchev–Trinajstić information content (AvgIpc) is 2.56. The minimum absolute atomic E-state index is 0.487. The topological polar surface area (TPSA) is 217 Å². The molecular formula is C16H16Br2O12S4. The third-order valence-electron chi connectivity index (χ3n) is 4.91. The van der Waals surface area contributed by atoms with Crippen LogP contribution in [0.3, 0.4) is 0 Å². The zero-order valence-electron chi connectivity index (χ0n) is 17.4. The van der Waals surface area contributed by atoms with Gasteiger partial charge in [0.1, 0.15) is 19.6 Å². The Balaban J connectivity index is 3.62. The van der Waals surface area contributed by atoms with E-state index in [2.05, 4.69) is 31.9 Å². The molecule has 2 rings (SSSR count). The van der Waals surface area contributed by atoms with Crippen LogP contribution in [0.5, 0.6) is 0 Å². The van der Waals surface area contributed by atoms with E-state index in [1.54, 1.807) is 0 Å². The van der Waals surface area contributed by atoms with Gasteiger partial charge in [0.05, 0.1) is 0 Å². The molecule has 18 heteroatoms. The van der Waals surface area contributed by atoms with Gasteiger partial charge in [-0.15, -0.1) is 0 Å². The minimum Gasteiger partial charge on any atom is -0.282 e. The van der Waals surface area contributed by atoms with E-state index in [0.29, 0.717) is 0 Å². The minimum atomic E-state index is -5.28. The number of hydrogen-bond acceptors (Lipinski definition) is 8. The number of rotatable bonds is 5. The second-order valence-electron chi connectivity index (χ2n) is 7.09. The molecule has 190 valence electrons. The first-order valence-corrected chi connectivity index (χ1v) is 15.9. The second-order valence-corrected chi connectivity index (χ2v) is 14.1. The monoisotopic (exact) mass is 686 g/mol. The highest BCUT2D eigenvalue weighted by molar-refractivity contribution is 9.10. The molecule has 0 saturated heterocycles. The Morgan fingerprint density at radius 2 is 0.647 bits per heavy atom. The third-order valence-corrected chi connectivity index (χ3v) is 11.5. The largest absolute Gasteiger partial charge is 0.295 e. The molecule has 2 aromatic rings. The van der Waals surface area contributed by atoms with E-state index in [-0.39, 0.29) is 0 Å². The highest BCUT2D eigenvalue weighted by atomic mass is 79.9. The van der Waals surface area contributed by atoms with Crippen LogP contribution in [0, 0.1) is 27.7 Å². The van der Waals surface area contributed by atoms with Crippen molar-refractivity contribution in [2.75, 3.05) is 0 Å². The lowest BCUT2D eigenvalue weighted by Gasteiger charge is -2.24. The van der Waals surface area contributed by atoms with E-state index in [4.69, 9.17) is 0 Å². The molecule has 0 aliphatic rings. The van der Waals surface area contributed by atoms with Crippen LogP contribution >= 0.6 is 31.9 Å². The van der Waals surface area contributed by atoms with Crippen molar-refractivity contribution in [1.82, 2.24) is 0 Å². The van der Waals surface area contributed by atoms with Crippen molar-refractivity contribution in [3.05, 3.63) is 31.2 Å². The Bertz CT molecular complexity index is 1560. The van der Waals surface area contributed by atoms with Crippen molar-refractivity contribution < 1.29 is 51.9 Å². The van der Waals surface area contributed by atoms with Crippen LogP contribution in [-0.4, -0.2) is 51.9 Å². The Kier molecular flexibility index (Phi) is 7.62. The first-order valence-electron chi connectivity index (χ1n) is 8.51. The van der Waals surface area contributed by atoms with Crippen molar-refractivity contribution in [3.8, 4) is 11.1 Å². The van der Waals surface area contributed by atoms with Crippen molar-refractivity contribution in [1.29, 1.82) is 0 Å². The van der Waals surface area contributed by atoms with Crippen molar-refractivity contribution in [3.63, 3.8) is 0 Å². The fourth-order valence-corrected chi connectivity index (χ4v) is 9.89. The number of halogens is 2. The van der Waals surface area contributed by atoms with Gasteiger partial charge in [-0.2, -0.15) is 33.7 Å². The van der Waals surface area contributed by atoms with Gasteiger partial charge in [0.25, 0.3) is 40.5 Å². The van der Waals surface area contributed by atoms with Crippen LogP contribution in [0.1, 0.15) is 22.3 Å². The molecular weight excluding hydrogens is 672 g/mol. The van der Waals surface area contributed by atoms with Crippen LogP contribution in [0.15, 0.2) is 28.5 Å². The van der Waals surface area contributed by atoms with Crippen LogP contribution in [0.2, 0.25) is 0 Å². The quantitative estimate of drug-likeness (QED) is 0.333. The summed E-state index contributed by atoms with van der Waals surface area (Å²) in [7, 11) is -20.8. The fraction of sp³-hybridized carbons (Fsp3) is 0.250. The molecule has 0 aliphatic heterocycles. The maximum atomic E-state index is 12.4. The molecule has 4 N–H and O–H groups in total. The molecule has 0 spiro atoms. The Morgan fingerprint density at radius 3 is 0.824 bits per heavy atom. The van der Waals surface area contributed by atoms with Gasteiger partial charge >= 0.3 is 0 Å². The van der Waals surface area contributed by atoms with Crippen LogP contribution in [0.4, 0.5) is 0 Å². The molecule has 0 heterocycles. The standard InChI is InChI=1S/C16H16Br2O12S4/c1-5-9(13(31(19,20)21)7(3)11(17)15(5)33(25,26)27)10-6(2)16(34(28,29)30)12(18)8(4)14(10)32(22,23)24/h1-4H3,(H,19,20,21)(H,22,23,24)(H,25,26,27)(H,28,29,30). The van der Waals surface area contributed by atoms with E-state index in [0.717, 1.165) is 27.7 Å². The summed E-state index contributed by atoms with van der Waals surface area (Å²) in [5.41, 5.74) is -3.93. The van der Waals surface area contributed by atoms with E-state index in [9.17, 15) is 51.9 Å². The van der Waals surface area contributed by atoms with E-state index in [1.165, 1.54) is 0 Å². The first kappa shape index (κ1) is 29.3. The third kappa shape index (κ3) is 4.97. The van der Waals surface area contributed by atoms with Crippen LogP contribution in [0.25, 0.3) is 11.1 Å². The van der Waals surface area contributed by atoms with E-state index < -0.39 is 102 Å². The summed E-state index contributed by atoms with van der Waals surface area (Å²) in [5.74, 6) is 0. The normalized spacial score (nSPS) is 13.4. The first-order chi connectivity index (χ1) is 15.0. The van der Waals surface area contributed by atoms with Gasteiger partial charge in [0.15, 0.2) is 0 Å². The van der Waals surface area contributed by atoms with Crippen LogP contribution < -0.4 is 0 Å².